The van der Waals surface area contributed by atoms with Gasteiger partial charge in [-0.25, -0.2) is 0 Å². The van der Waals surface area contributed by atoms with Crippen LogP contribution in [0.25, 0.3) is 0 Å². The molecular weight excluding hydrogens is 356 g/mol. The van der Waals surface area contributed by atoms with Crippen LogP contribution >= 0.6 is 11.6 Å². The van der Waals surface area contributed by atoms with Crippen LogP contribution in [0.5, 0.6) is 11.5 Å². The maximum Gasteiger partial charge on any atom is 0.127 e. The van der Waals surface area contributed by atoms with Crippen molar-refractivity contribution >= 4 is 28.7 Å². The van der Waals surface area contributed by atoms with Crippen LogP contribution in [0.2, 0.25) is 5.02 Å². The first-order valence-electron chi connectivity index (χ1n) is 9.42. The minimum atomic E-state index is 0.703. The molecule has 0 unspecified atom stereocenters. The quantitative estimate of drug-likeness (QED) is 0.524. The van der Waals surface area contributed by atoms with Gasteiger partial charge in [0.2, 0.25) is 0 Å². The fourth-order valence-electron chi connectivity index (χ4n) is 3.39. The van der Waals surface area contributed by atoms with Crippen molar-refractivity contribution in [1.29, 1.82) is 0 Å². The second kappa shape index (κ2) is 8.36. The molecule has 1 aliphatic heterocycles. The lowest BCUT2D eigenvalue weighted by Gasteiger charge is -2.30. The number of piperidine rings is 1. The normalized spacial score (nSPS) is 14.0. The van der Waals surface area contributed by atoms with Crippen molar-refractivity contribution in [3.63, 3.8) is 0 Å². The summed E-state index contributed by atoms with van der Waals surface area (Å²) in [5.74, 6) is 1.57. The zero-order valence-corrected chi connectivity index (χ0v) is 16.0. The third-order valence-electron chi connectivity index (χ3n) is 4.78. The molecule has 3 nitrogen and oxygen atoms in total. The molecule has 0 aliphatic carbocycles. The summed E-state index contributed by atoms with van der Waals surface area (Å²) >= 11 is 5.91. The molecule has 1 aliphatic rings. The van der Waals surface area contributed by atoms with E-state index in [9.17, 15) is 0 Å². The fraction of sp³-hybridized carbons (Fsp3) is 0.217. The first-order valence-corrected chi connectivity index (χ1v) is 9.80. The standard InChI is InChI=1S/C23H23ClN2O/c24-18-8-12-20(13-9-18)27-21-14-10-19(11-15-21)25-22-6-2-3-7-23(22)26-16-4-1-5-17-26/h2-3,6-15,25H,1,4-5,16-17H2. The van der Waals surface area contributed by atoms with Crippen molar-refractivity contribution < 1.29 is 4.74 Å². The van der Waals surface area contributed by atoms with Crippen LogP contribution in [0.15, 0.2) is 72.8 Å². The Hall–Kier alpha value is -2.65. The van der Waals surface area contributed by atoms with E-state index >= 15 is 0 Å². The van der Waals surface area contributed by atoms with Crippen LogP contribution in [-0.2, 0) is 0 Å². The molecule has 3 aromatic rings. The van der Waals surface area contributed by atoms with Gasteiger partial charge in [-0.15, -0.1) is 0 Å². The summed E-state index contributed by atoms with van der Waals surface area (Å²) in [6.07, 6.45) is 3.87. The zero-order chi connectivity index (χ0) is 18.5. The lowest BCUT2D eigenvalue weighted by atomic mass is 10.1. The van der Waals surface area contributed by atoms with Gasteiger partial charge >= 0.3 is 0 Å². The summed E-state index contributed by atoms with van der Waals surface area (Å²) in [4.78, 5) is 2.48. The lowest BCUT2D eigenvalue weighted by Crippen LogP contribution is -2.29. The van der Waals surface area contributed by atoms with E-state index in [1.165, 1.54) is 24.9 Å². The topological polar surface area (TPSA) is 24.5 Å². The Morgan fingerprint density at radius 1 is 0.741 bits per heavy atom. The molecular formula is C23H23ClN2O. The van der Waals surface area contributed by atoms with Crippen LogP contribution in [0.4, 0.5) is 17.1 Å². The van der Waals surface area contributed by atoms with E-state index in [0.717, 1.165) is 36.0 Å². The molecule has 0 radical (unpaired) electrons. The molecule has 1 saturated heterocycles. The van der Waals surface area contributed by atoms with Crippen molar-refractivity contribution in [2.24, 2.45) is 0 Å². The van der Waals surface area contributed by atoms with E-state index < -0.39 is 0 Å². The van der Waals surface area contributed by atoms with E-state index in [0.29, 0.717) is 5.02 Å². The van der Waals surface area contributed by atoms with Gasteiger partial charge < -0.3 is 15.0 Å². The maximum atomic E-state index is 5.91. The molecule has 4 heteroatoms. The number of nitrogens with one attached hydrogen (secondary N) is 1. The third kappa shape index (κ3) is 4.55. The summed E-state index contributed by atoms with van der Waals surface area (Å²) in [6, 6.07) is 23.9. The second-order valence-electron chi connectivity index (χ2n) is 6.77. The Morgan fingerprint density at radius 3 is 2.07 bits per heavy atom. The predicted molar refractivity (Wildman–Crippen MR) is 114 cm³/mol. The summed E-state index contributed by atoms with van der Waals surface area (Å²) in [6.45, 7) is 2.26. The Kier molecular flexibility index (Phi) is 5.50. The van der Waals surface area contributed by atoms with Crippen molar-refractivity contribution in [2.45, 2.75) is 19.3 Å². The van der Waals surface area contributed by atoms with Crippen LogP contribution in [0.3, 0.4) is 0 Å². The predicted octanol–water partition coefficient (Wildman–Crippen LogP) is 6.87. The maximum absolute atomic E-state index is 5.91. The summed E-state index contributed by atoms with van der Waals surface area (Å²) in [5, 5.41) is 4.26. The van der Waals surface area contributed by atoms with Gasteiger partial charge in [0.05, 0.1) is 11.4 Å². The van der Waals surface area contributed by atoms with Gasteiger partial charge in [-0.3, -0.25) is 0 Å². The third-order valence-corrected chi connectivity index (χ3v) is 5.04. The molecule has 0 amide bonds. The van der Waals surface area contributed by atoms with Gasteiger partial charge in [-0.05, 0) is 79.9 Å². The SMILES string of the molecule is Clc1ccc(Oc2ccc(Nc3ccccc3N3CCCCC3)cc2)cc1. The zero-order valence-electron chi connectivity index (χ0n) is 15.2. The molecule has 0 aromatic heterocycles. The number of rotatable bonds is 5. The number of hydrogen-bond acceptors (Lipinski definition) is 3. The molecule has 0 spiro atoms. The van der Waals surface area contributed by atoms with E-state index in [-0.39, 0.29) is 0 Å². The lowest BCUT2D eigenvalue weighted by molar-refractivity contribution is 0.483. The van der Waals surface area contributed by atoms with Crippen molar-refractivity contribution in [3.05, 3.63) is 77.8 Å². The van der Waals surface area contributed by atoms with Gasteiger partial charge in [0.25, 0.3) is 0 Å². The highest BCUT2D eigenvalue weighted by molar-refractivity contribution is 6.30. The summed E-state index contributed by atoms with van der Waals surface area (Å²) in [7, 11) is 0. The molecule has 0 atom stereocenters. The largest absolute Gasteiger partial charge is 0.457 e. The molecule has 0 saturated carbocycles. The minimum Gasteiger partial charge on any atom is -0.457 e. The van der Waals surface area contributed by atoms with Gasteiger partial charge in [-0.2, -0.15) is 0 Å². The molecule has 1 heterocycles. The smallest absolute Gasteiger partial charge is 0.127 e. The summed E-state index contributed by atoms with van der Waals surface area (Å²) in [5.41, 5.74) is 3.47. The summed E-state index contributed by atoms with van der Waals surface area (Å²) < 4.78 is 5.86. The monoisotopic (exact) mass is 378 g/mol. The first kappa shape index (κ1) is 17.7. The van der Waals surface area contributed by atoms with Crippen LogP contribution in [0.1, 0.15) is 19.3 Å². The van der Waals surface area contributed by atoms with Crippen molar-refractivity contribution in [2.75, 3.05) is 23.3 Å². The van der Waals surface area contributed by atoms with E-state index in [4.69, 9.17) is 16.3 Å². The molecule has 138 valence electrons. The average Bonchev–Trinajstić information content (AvgIpc) is 2.72. The minimum absolute atomic E-state index is 0.703. The number of anilines is 3. The molecule has 3 aromatic carbocycles. The molecule has 4 rings (SSSR count). The van der Waals surface area contributed by atoms with E-state index in [2.05, 4.69) is 34.5 Å². The molecule has 0 bridgehead atoms. The van der Waals surface area contributed by atoms with Crippen LogP contribution in [0, 0.1) is 0 Å². The number of hydrogen-bond donors (Lipinski definition) is 1. The van der Waals surface area contributed by atoms with Crippen molar-refractivity contribution in [3.8, 4) is 11.5 Å². The van der Waals surface area contributed by atoms with Gasteiger partial charge in [0.15, 0.2) is 0 Å². The highest BCUT2D eigenvalue weighted by Crippen LogP contribution is 2.31. The average molecular weight is 379 g/mol. The Labute approximate surface area is 165 Å². The number of nitrogens with zero attached hydrogens (tertiary/aromatic N) is 1. The van der Waals surface area contributed by atoms with Crippen LogP contribution < -0.4 is 15.0 Å². The van der Waals surface area contributed by atoms with Crippen LogP contribution in [-0.4, -0.2) is 13.1 Å². The number of halogens is 1. The van der Waals surface area contributed by atoms with Gasteiger partial charge in [0, 0.05) is 23.8 Å². The highest BCUT2D eigenvalue weighted by Gasteiger charge is 2.14. The highest BCUT2D eigenvalue weighted by atomic mass is 35.5. The number of para-hydroxylation sites is 2. The second-order valence-corrected chi connectivity index (χ2v) is 7.21. The Morgan fingerprint density at radius 2 is 1.37 bits per heavy atom. The van der Waals surface area contributed by atoms with Gasteiger partial charge in [-0.1, -0.05) is 23.7 Å². The Balaban J connectivity index is 1.46. The molecule has 1 fully saturated rings. The fourth-order valence-corrected chi connectivity index (χ4v) is 3.52. The van der Waals surface area contributed by atoms with E-state index in [1.54, 1.807) is 0 Å². The number of benzene rings is 3. The van der Waals surface area contributed by atoms with E-state index in [1.807, 2.05) is 48.5 Å². The van der Waals surface area contributed by atoms with Crippen molar-refractivity contribution in [1.82, 2.24) is 0 Å². The molecule has 1 N–H and O–H groups in total. The molecule has 27 heavy (non-hydrogen) atoms. The first-order chi connectivity index (χ1) is 13.3. The Bertz CT molecular complexity index is 872. The van der Waals surface area contributed by atoms with Gasteiger partial charge in [0.1, 0.15) is 11.5 Å². The number of ether oxygens (including phenoxy) is 1.